The molecule has 0 N–H and O–H groups in total. The van der Waals surface area contributed by atoms with Crippen LogP contribution >= 0.6 is 34.5 Å². The molecule has 16 rings (SSSR count). The van der Waals surface area contributed by atoms with Crippen LogP contribution in [-0.4, -0.2) is 197 Å². The summed E-state index contributed by atoms with van der Waals surface area (Å²) in [4.78, 5) is 122. The minimum Gasteiger partial charge on any atom is -0.459 e. The van der Waals surface area contributed by atoms with Crippen molar-refractivity contribution in [1.29, 1.82) is 0 Å². The molecular formula is C80H81Cl2N9O9S. The molecule has 3 aliphatic carbocycles. The predicted octanol–water partition coefficient (Wildman–Crippen LogP) is 11.9. The first-order valence-corrected chi connectivity index (χ1v) is 36.5. The lowest BCUT2D eigenvalue weighted by Crippen LogP contribution is -2.53. The number of hydrogen-bond donors (Lipinski definition) is 0. The highest BCUT2D eigenvalue weighted by Crippen LogP contribution is 2.52. The Morgan fingerprint density at radius 3 is 1.22 bits per heavy atom. The van der Waals surface area contributed by atoms with E-state index in [1.54, 1.807) is 17.0 Å². The summed E-state index contributed by atoms with van der Waals surface area (Å²) >= 11 is 13.7. The Hall–Kier alpha value is -9.69. The number of furan rings is 1. The van der Waals surface area contributed by atoms with Gasteiger partial charge in [0.15, 0.2) is 5.76 Å². The topological polar surface area (TPSA) is 188 Å². The fourth-order valence-electron chi connectivity index (χ4n) is 14.3. The van der Waals surface area contributed by atoms with Crippen molar-refractivity contribution in [3.63, 3.8) is 0 Å². The van der Waals surface area contributed by atoms with Crippen LogP contribution in [0.4, 0.5) is 5.69 Å². The molecule has 0 spiro atoms. The monoisotopic (exact) mass is 1410 g/mol. The highest BCUT2D eigenvalue weighted by Gasteiger charge is 2.55. The van der Waals surface area contributed by atoms with Gasteiger partial charge in [0.05, 0.1) is 33.1 Å². The standard InChI is InChI=1S/C21H21ClN2O2.C21H21N3O2.C19H19ClN2O3.C19H20N2O2S/c22-18-8-4-7-17(15-18)21(9-10-21)20(26)24-13-11-23(12-14-24)19(25)16-5-2-1-3-6-16;25-20(14-17-15-22-19-9-5-4-8-18(17)19)23-10-12-24(13-11-23)21(26)16-6-2-1-3-7-16;20-15-4-1-3-14(13-15)19(6-7-19)18(24)22-10-8-21(9-11-22)17(23)16-5-2-12-25-16;22-17(16-7-4-14-24-16)20-10-12-21(13-11-20)18(23)19(8-9-19)15-5-2-1-3-6-15/h1-8,15H,9-14H2;1-9,15,17H,10-14H2;1-5,12-13H,6-11H2;1-7,14H,8-13H2. The SMILES string of the molecule is O=C(CC1C=Nc2ccccc21)N1CCN(C(=O)c2ccccc2)CC1.O=C(c1ccccc1)N1CCN(C(=O)C2(c3cccc(Cl)c3)CC2)CC1.O=C(c1ccco1)N1CCN(C(=O)C2(c3cccc(Cl)c3)CC2)CC1.O=C(c1cccs1)N1CCN(C(=O)C2(c3ccccc3)CC2)CC1. The third-order valence-electron chi connectivity index (χ3n) is 20.7. The molecule has 3 saturated carbocycles. The van der Waals surface area contributed by atoms with Crippen molar-refractivity contribution in [2.24, 2.45) is 4.99 Å². The van der Waals surface area contributed by atoms with Crippen molar-refractivity contribution < 1.29 is 42.8 Å². The summed E-state index contributed by atoms with van der Waals surface area (Å²) in [5.74, 6) is 1.13. The van der Waals surface area contributed by atoms with E-state index in [1.165, 1.54) is 17.6 Å². The molecule has 8 aliphatic rings. The Kier molecular flexibility index (Phi) is 21.5. The minimum atomic E-state index is -0.419. The van der Waals surface area contributed by atoms with E-state index >= 15 is 0 Å². The van der Waals surface area contributed by atoms with E-state index in [-0.39, 0.29) is 58.6 Å². The number of nitrogens with zero attached hydrogens (tertiary/aromatic N) is 9. The van der Waals surface area contributed by atoms with Crippen LogP contribution in [0.5, 0.6) is 0 Å². The minimum absolute atomic E-state index is 0.0358. The Labute approximate surface area is 602 Å². The van der Waals surface area contributed by atoms with E-state index in [1.807, 2.05) is 210 Å². The summed E-state index contributed by atoms with van der Waals surface area (Å²) in [5.41, 5.74) is 5.50. The molecule has 0 bridgehead atoms. The smallest absolute Gasteiger partial charge is 0.289 e. The van der Waals surface area contributed by atoms with Crippen LogP contribution in [0.2, 0.25) is 10.0 Å². The average Bonchev–Trinajstić information content (AvgIpc) is 1.61. The van der Waals surface area contributed by atoms with Gasteiger partial charge in [-0.15, -0.1) is 11.3 Å². The van der Waals surface area contributed by atoms with Gasteiger partial charge in [-0.1, -0.05) is 138 Å². The summed E-state index contributed by atoms with van der Waals surface area (Å²) < 4.78 is 5.17. The lowest BCUT2D eigenvalue weighted by Gasteiger charge is -2.36. The second kappa shape index (κ2) is 31.1. The maximum absolute atomic E-state index is 13.1. The maximum Gasteiger partial charge on any atom is 0.289 e. The Morgan fingerprint density at radius 2 is 0.792 bits per heavy atom. The summed E-state index contributed by atoms with van der Waals surface area (Å²) in [7, 11) is 0. The Bertz CT molecular complexity index is 4290. The van der Waals surface area contributed by atoms with E-state index in [0.717, 1.165) is 71.3 Å². The van der Waals surface area contributed by atoms with E-state index in [9.17, 15) is 38.4 Å². The molecule has 18 nitrogen and oxygen atoms in total. The third-order valence-corrected chi connectivity index (χ3v) is 22.0. The van der Waals surface area contributed by atoms with Gasteiger partial charge in [-0.25, -0.2) is 0 Å². The molecule has 7 heterocycles. The normalized spacial score (nSPS) is 18.8. The molecule has 7 fully saturated rings. The van der Waals surface area contributed by atoms with Crippen molar-refractivity contribution in [2.75, 3.05) is 105 Å². The van der Waals surface area contributed by atoms with Gasteiger partial charge in [0, 0.05) is 144 Å². The molecule has 8 aromatic rings. The number of benzene rings is 6. The summed E-state index contributed by atoms with van der Waals surface area (Å²) in [6.07, 6.45) is 9.13. The molecular weight excluding hydrogens is 1330 g/mol. The Balaban J connectivity index is 0.000000120. The van der Waals surface area contributed by atoms with Crippen LogP contribution in [0.1, 0.15) is 114 Å². The zero-order valence-electron chi connectivity index (χ0n) is 56.3. The zero-order chi connectivity index (χ0) is 70.1. The first kappa shape index (κ1) is 69.8. The van der Waals surface area contributed by atoms with Gasteiger partial charge in [0.25, 0.3) is 23.6 Å². The van der Waals surface area contributed by atoms with Crippen LogP contribution < -0.4 is 0 Å². The van der Waals surface area contributed by atoms with E-state index < -0.39 is 10.8 Å². The van der Waals surface area contributed by atoms with Crippen molar-refractivity contribution in [3.05, 3.63) is 254 Å². The van der Waals surface area contributed by atoms with Crippen molar-refractivity contribution in [3.8, 4) is 0 Å². The number of carbonyl (C=O) groups excluding carboxylic acids is 8. The largest absolute Gasteiger partial charge is 0.459 e. The molecule has 21 heteroatoms. The van der Waals surface area contributed by atoms with E-state index in [2.05, 4.69) is 17.1 Å². The van der Waals surface area contributed by atoms with Crippen molar-refractivity contribution in [1.82, 2.24) is 39.2 Å². The summed E-state index contributed by atoms with van der Waals surface area (Å²) in [6, 6.07) is 59.0. The number of aliphatic imine (C=N–C) groups is 1. The second-order valence-corrected chi connectivity index (χ2v) is 28.7. The molecule has 6 aromatic carbocycles. The number of thiophene rings is 1. The van der Waals surface area contributed by atoms with Gasteiger partial charge in [-0.3, -0.25) is 43.3 Å². The predicted molar refractivity (Wildman–Crippen MR) is 390 cm³/mol. The number of carbonyl (C=O) groups is 8. The number of fused-ring (bicyclic) bond motifs is 1. The molecule has 1 unspecified atom stereocenters. The van der Waals surface area contributed by atoms with E-state index in [4.69, 9.17) is 27.6 Å². The third kappa shape index (κ3) is 15.8. The lowest BCUT2D eigenvalue weighted by atomic mass is 9.94. The quantitative estimate of drug-likeness (QED) is 0.115. The number of piperazine rings is 4. The van der Waals surface area contributed by atoms with Crippen molar-refractivity contribution >= 4 is 93.7 Å². The van der Waals surface area contributed by atoms with Crippen molar-refractivity contribution in [2.45, 2.75) is 67.1 Å². The van der Waals surface area contributed by atoms with Gasteiger partial charge < -0.3 is 43.6 Å². The summed E-state index contributed by atoms with van der Waals surface area (Å²) in [5, 5.41) is 3.24. The lowest BCUT2D eigenvalue weighted by molar-refractivity contribution is -0.136. The highest BCUT2D eigenvalue weighted by atomic mass is 35.5. The van der Waals surface area contributed by atoms with Crippen LogP contribution in [-0.2, 0) is 35.4 Å². The Morgan fingerprint density at radius 1 is 0.396 bits per heavy atom. The molecule has 0 radical (unpaired) electrons. The van der Waals surface area contributed by atoms with Crippen LogP contribution in [0.15, 0.2) is 209 Å². The number of halogens is 2. The molecule has 8 amide bonds. The fourth-order valence-corrected chi connectivity index (χ4v) is 15.3. The van der Waals surface area contributed by atoms with Crippen LogP contribution in [0.25, 0.3) is 0 Å². The van der Waals surface area contributed by atoms with Crippen LogP contribution in [0, 0.1) is 0 Å². The van der Waals surface area contributed by atoms with Crippen LogP contribution in [0.3, 0.4) is 0 Å². The van der Waals surface area contributed by atoms with E-state index in [0.29, 0.717) is 138 Å². The number of rotatable bonds is 12. The molecule has 101 heavy (non-hydrogen) atoms. The molecule has 2 aromatic heterocycles. The molecule has 1 atom stereocenters. The molecule has 4 saturated heterocycles. The first-order chi connectivity index (χ1) is 49.1. The first-order valence-electron chi connectivity index (χ1n) is 34.8. The number of para-hydroxylation sites is 1. The second-order valence-electron chi connectivity index (χ2n) is 26.9. The van der Waals surface area contributed by atoms with Gasteiger partial charge in [0.2, 0.25) is 23.6 Å². The van der Waals surface area contributed by atoms with Gasteiger partial charge in [0.1, 0.15) is 0 Å². The molecule has 5 aliphatic heterocycles. The summed E-state index contributed by atoms with van der Waals surface area (Å²) in [6.45, 7) is 9.29. The highest BCUT2D eigenvalue weighted by molar-refractivity contribution is 7.12. The number of hydrogen-bond acceptors (Lipinski definition) is 11. The zero-order valence-corrected chi connectivity index (χ0v) is 58.7. The van der Waals surface area contributed by atoms with Gasteiger partial charge >= 0.3 is 0 Å². The fraction of sp³-hybridized carbons (Fsp3) is 0.338. The molecule has 520 valence electrons. The van der Waals surface area contributed by atoms with Gasteiger partial charge in [-0.2, -0.15) is 0 Å². The average molecular weight is 1420 g/mol. The maximum atomic E-state index is 13.1. The number of amides is 8. The van der Waals surface area contributed by atoms with Gasteiger partial charge in [-0.05, 0) is 139 Å².